The zero-order valence-electron chi connectivity index (χ0n) is 12.4. The van der Waals surface area contributed by atoms with E-state index in [1.807, 2.05) is 6.92 Å². The van der Waals surface area contributed by atoms with E-state index in [1.54, 1.807) is 20.2 Å². The SMILES string of the molecule is CCNc1ncc(C(=O)NCCNC(=O)N(C)C)cc1Cl. The van der Waals surface area contributed by atoms with Crippen molar-refractivity contribution in [3.63, 3.8) is 0 Å². The molecular formula is C13H20ClN5O2. The van der Waals surface area contributed by atoms with Gasteiger partial charge >= 0.3 is 6.03 Å². The van der Waals surface area contributed by atoms with Crippen LogP contribution in [-0.4, -0.2) is 55.6 Å². The van der Waals surface area contributed by atoms with Crippen molar-refractivity contribution >= 4 is 29.4 Å². The third kappa shape index (κ3) is 5.47. The van der Waals surface area contributed by atoms with Crippen LogP contribution in [0.15, 0.2) is 12.3 Å². The van der Waals surface area contributed by atoms with Crippen molar-refractivity contribution in [2.45, 2.75) is 6.92 Å². The summed E-state index contributed by atoms with van der Waals surface area (Å²) in [5.74, 6) is 0.264. The van der Waals surface area contributed by atoms with Crippen LogP contribution in [0, 0.1) is 0 Å². The second-order valence-corrected chi connectivity index (χ2v) is 4.87. The quantitative estimate of drug-likeness (QED) is 0.688. The number of halogens is 1. The van der Waals surface area contributed by atoms with Crippen molar-refractivity contribution in [1.29, 1.82) is 0 Å². The molecule has 0 fully saturated rings. The second-order valence-electron chi connectivity index (χ2n) is 4.47. The Bertz CT molecular complexity index is 507. The van der Waals surface area contributed by atoms with Crippen molar-refractivity contribution in [3.8, 4) is 0 Å². The van der Waals surface area contributed by atoms with Gasteiger partial charge < -0.3 is 20.9 Å². The lowest BCUT2D eigenvalue weighted by Gasteiger charge is -2.12. The number of amides is 3. The van der Waals surface area contributed by atoms with Crippen LogP contribution in [0.5, 0.6) is 0 Å². The fourth-order valence-corrected chi connectivity index (χ4v) is 1.70. The lowest BCUT2D eigenvalue weighted by Crippen LogP contribution is -2.39. The molecule has 1 aromatic rings. The molecule has 21 heavy (non-hydrogen) atoms. The van der Waals surface area contributed by atoms with Crippen molar-refractivity contribution in [3.05, 3.63) is 22.8 Å². The third-order valence-electron chi connectivity index (χ3n) is 2.54. The molecule has 1 heterocycles. The van der Waals surface area contributed by atoms with E-state index in [9.17, 15) is 9.59 Å². The first-order valence-electron chi connectivity index (χ1n) is 6.58. The molecule has 0 atom stereocenters. The average molecular weight is 314 g/mol. The van der Waals surface area contributed by atoms with E-state index in [0.29, 0.717) is 36.0 Å². The van der Waals surface area contributed by atoms with Crippen LogP contribution in [0.4, 0.5) is 10.6 Å². The lowest BCUT2D eigenvalue weighted by atomic mass is 10.2. The number of hydrogen-bond acceptors (Lipinski definition) is 4. The normalized spacial score (nSPS) is 9.90. The standard InChI is InChI=1S/C13H20ClN5O2/c1-4-15-11-10(14)7-9(8-18-11)12(20)16-5-6-17-13(21)19(2)3/h7-8H,4-6H2,1-3H3,(H,15,18)(H,16,20)(H,17,21). The van der Waals surface area contributed by atoms with Gasteiger partial charge in [-0.3, -0.25) is 4.79 Å². The topological polar surface area (TPSA) is 86.4 Å². The van der Waals surface area contributed by atoms with Crippen LogP contribution in [0.25, 0.3) is 0 Å². The molecule has 0 radical (unpaired) electrons. The molecule has 0 aliphatic carbocycles. The highest BCUT2D eigenvalue weighted by atomic mass is 35.5. The van der Waals surface area contributed by atoms with Crippen LogP contribution in [0.1, 0.15) is 17.3 Å². The minimum absolute atomic E-state index is 0.205. The monoisotopic (exact) mass is 313 g/mol. The molecule has 8 heteroatoms. The van der Waals surface area contributed by atoms with Gasteiger partial charge in [-0.15, -0.1) is 0 Å². The zero-order chi connectivity index (χ0) is 15.8. The van der Waals surface area contributed by atoms with E-state index in [-0.39, 0.29) is 11.9 Å². The molecule has 116 valence electrons. The maximum Gasteiger partial charge on any atom is 0.316 e. The molecule has 0 spiro atoms. The number of carbonyl (C=O) groups is 2. The first kappa shape index (κ1) is 17.0. The number of urea groups is 1. The number of carbonyl (C=O) groups excluding carboxylic acids is 2. The van der Waals surface area contributed by atoms with Gasteiger partial charge in [0, 0.05) is 39.9 Å². The maximum atomic E-state index is 11.9. The van der Waals surface area contributed by atoms with Crippen molar-refractivity contribution < 1.29 is 9.59 Å². The van der Waals surface area contributed by atoms with Gasteiger partial charge in [-0.25, -0.2) is 9.78 Å². The van der Waals surface area contributed by atoms with Gasteiger partial charge in [0.2, 0.25) is 0 Å². The van der Waals surface area contributed by atoms with Crippen molar-refractivity contribution in [1.82, 2.24) is 20.5 Å². The maximum absolute atomic E-state index is 11.9. The summed E-state index contributed by atoms with van der Waals surface area (Å²) in [4.78, 5) is 28.7. The summed E-state index contributed by atoms with van der Waals surface area (Å²) in [6.07, 6.45) is 1.46. The van der Waals surface area contributed by atoms with Gasteiger partial charge in [0.1, 0.15) is 5.82 Å². The number of nitrogens with zero attached hydrogens (tertiary/aromatic N) is 2. The zero-order valence-corrected chi connectivity index (χ0v) is 13.1. The van der Waals surface area contributed by atoms with Gasteiger partial charge in [-0.05, 0) is 13.0 Å². The molecule has 1 aromatic heterocycles. The number of anilines is 1. The Labute approximate surface area is 129 Å². The van der Waals surface area contributed by atoms with Crippen LogP contribution in [0.2, 0.25) is 5.02 Å². The van der Waals surface area contributed by atoms with Gasteiger partial charge in [-0.1, -0.05) is 11.6 Å². The molecule has 0 saturated heterocycles. The van der Waals surface area contributed by atoms with Crippen LogP contribution in [0.3, 0.4) is 0 Å². The van der Waals surface area contributed by atoms with Gasteiger partial charge in [0.05, 0.1) is 10.6 Å². The Morgan fingerprint density at radius 3 is 2.52 bits per heavy atom. The average Bonchev–Trinajstić information content (AvgIpc) is 2.45. The molecule has 3 amide bonds. The summed E-state index contributed by atoms with van der Waals surface area (Å²) in [6.45, 7) is 3.30. The number of rotatable bonds is 6. The van der Waals surface area contributed by atoms with E-state index >= 15 is 0 Å². The Morgan fingerprint density at radius 1 is 1.29 bits per heavy atom. The summed E-state index contributed by atoms with van der Waals surface area (Å²) >= 11 is 6.02. The molecular weight excluding hydrogens is 294 g/mol. The van der Waals surface area contributed by atoms with Gasteiger partial charge in [0.25, 0.3) is 5.91 Å². The number of aromatic nitrogens is 1. The third-order valence-corrected chi connectivity index (χ3v) is 2.83. The van der Waals surface area contributed by atoms with Crippen molar-refractivity contribution in [2.24, 2.45) is 0 Å². The highest BCUT2D eigenvalue weighted by Gasteiger charge is 2.09. The molecule has 0 saturated carbocycles. The molecule has 0 aliphatic heterocycles. The Kier molecular flexibility index (Phi) is 6.74. The second kappa shape index (κ2) is 8.31. The molecule has 0 aromatic carbocycles. The van der Waals surface area contributed by atoms with E-state index in [0.717, 1.165) is 0 Å². The Hall–Kier alpha value is -2.02. The van der Waals surface area contributed by atoms with Crippen LogP contribution in [-0.2, 0) is 0 Å². The predicted octanol–water partition coefficient (Wildman–Crippen LogP) is 1.17. The molecule has 7 nitrogen and oxygen atoms in total. The fourth-order valence-electron chi connectivity index (χ4n) is 1.47. The summed E-state index contributed by atoms with van der Waals surface area (Å²) < 4.78 is 0. The minimum atomic E-state index is -0.286. The minimum Gasteiger partial charge on any atom is -0.369 e. The summed E-state index contributed by atoms with van der Waals surface area (Å²) in [5.41, 5.74) is 0.376. The van der Waals surface area contributed by atoms with E-state index < -0.39 is 0 Å². The van der Waals surface area contributed by atoms with Crippen LogP contribution < -0.4 is 16.0 Å². The van der Waals surface area contributed by atoms with E-state index in [4.69, 9.17) is 11.6 Å². The highest BCUT2D eigenvalue weighted by Crippen LogP contribution is 2.19. The first-order chi connectivity index (χ1) is 9.95. The highest BCUT2D eigenvalue weighted by molar-refractivity contribution is 6.33. The largest absolute Gasteiger partial charge is 0.369 e. The molecule has 0 bridgehead atoms. The fraction of sp³-hybridized carbons (Fsp3) is 0.462. The summed E-state index contributed by atoms with van der Waals surface area (Å²) in [7, 11) is 3.29. The summed E-state index contributed by atoms with van der Waals surface area (Å²) in [5, 5.41) is 8.71. The van der Waals surface area contributed by atoms with Gasteiger partial charge in [-0.2, -0.15) is 0 Å². The molecule has 3 N–H and O–H groups in total. The first-order valence-corrected chi connectivity index (χ1v) is 6.96. The Morgan fingerprint density at radius 2 is 1.95 bits per heavy atom. The molecule has 1 rings (SSSR count). The lowest BCUT2D eigenvalue weighted by molar-refractivity contribution is 0.0953. The van der Waals surface area contributed by atoms with Gasteiger partial charge in [0.15, 0.2) is 0 Å². The molecule has 0 unspecified atom stereocenters. The van der Waals surface area contributed by atoms with Crippen LogP contribution >= 0.6 is 11.6 Å². The van der Waals surface area contributed by atoms with E-state index in [2.05, 4.69) is 20.9 Å². The predicted molar refractivity (Wildman–Crippen MR) is 82.8 cm³/mol. The number of hydrogen-bond donors (Lipinski definition) is 3. The van der Waals surface area contributed by atoms with E-state index in [1.165, 1.54) is 11.1 Å². The number of pyridine rings is 1. The van der Waals surface area contributed by atoms with Crippen molar-refractivity contribution in [2.75, 3.05) is 39.0 Å². The molecule has 0 aliphatic rings. The summed E-state index contributed by atoms with van der Waals surface area (Å²) in [6, 6.07) is 1.35. The smallest absolute Gasteiger partial charge is 0.316 e. The Balaban J connectivity index is 2.45. The number of nitrogens with one attached hydrogen (secondary N) is 3.